The molecule has 3 N–H and O–H groups in total. The van der Waals surface area contributed by atoms with Crippen molar-refractivity contribution in [3.8, 4) is 0 Å². The highest BCUT2D eigenvalue weighted by molar-refractivity contribution is 6.48. The maximum Gasteiger partial charge on any atom is 0.428 e. The number of carbonyl (C=O) groups excluding carboxylic acids is 1. The van der Waals surface area contributed by atoms with Gasteiger partial charge < -0.3 is 5.32 Å². The zero-order valence-corrected chi connectivity index (χ0v) is 22.2. The summed E-state index contributed by atoms with van der Waals surface area (Å²) < 4.78 is 43.4. The number of halogens is 6. The van der Waals surface area contributed by atoms with Gasteiger partial charge in [0.2, 0.25) is 5.60 Å². The summed E-state index contributed by atoms with van der Waals surface area (Å²) in [5.74, 6) is -0.421. The lowest BCUT2D eigenvalue weighted by molar-refractivity contribution is -0.269. The Hall–Kier alpha value is -2.95. The second-order valence-electron chi connectivity index (χ2n) is 8.55. The maximum atomic E-state index is 14.5. The van der Waals surface area contributed by atoms with Crippen molar-refractivity contribution in [2.45, 2.75) is 31.7 Å². The van der Waals surface area contributed by atoms with Crippen molar-refractivity contribution < 1.29 is 27.6 Å². The molecule has 1 amide bonds. The third kappa shape index (κ3) is 5.43. The van der Waals surface area contributed by atoms with Gasteiger partial charge in [0.1, 0.15) is 0 Å². The van der Waals surface area contributed by atoms with E-state index in [1.54, 1.807) is 24.3 Å². The maximum absolute atomic E-state index is 14.5. The average molecular weight is 587 g/mol. The zero-order valence-electron chi connectivity index (χ0n) is 19.9. The molecule has 0 spiro atoms. The first-order valence-corrected chi connectivity index (χ1v) is 12.4. The minimum absolute atomic E-state index is 0.0441. The summed E-state index contributed by atoms with van der Waals surface area (Å²) in [5.41, 5.74) is 2.48. The molecule has 12 heteroatoms. The van der Waals surface area contributed by atoms with Gasteiger partial charge in [0.15, 0.2) is 0 Å². The number of fused-ring (bicyclic) bond motifs is 1. The molecule has 0 radical (unpaired) electrons. The fraction of sp³-hybridized carbons (Fsp3) is 0.192. The first kappa shape index (κ1) is 28.1. The number of hydroxylamine groups is 2. The smallest absolute Gasteiger partial charge is 0.327 e. The fourth-order valence-corrected chi connectivity index (χ4v) is 4.48. The van der Waals surface area contributed by atoms with Crippen molar-refractivity contribution in [3.05, 3.63) is 98.8 Å². The Bertz CT molecular complexity index is 1420. The van der Waals surface area contributed by atoms with Gasteiger partial charge in [0, 0.05) is 29.1 Å². The summed E-state index contributed by atoms with van der Waals surface area (Å²) in [6.07, 6.45) is -1.24. The van der Waals surface area contributed by atoms with E-state index in [4.69, 9.17) is 44.5 Å². The molecule has 3 aromatic rings. The number of amides is 1. The quantitative estimate of drug-likeness (QED) is 0.201. The average Bonchev–Trinajstić information content (AvgIpc) is 3.32. The van der Waals surface area contributed by atoms with Crippen LogP contribution >= 0.6 is 34.8 Å². The second-order valence-corrected chi connectivity index (χ2v) is 9.74. The van der Waals surface area contributed by atoms with Crippen LogP contribution in [0.3, 0.4) is 0 Å². The van der Waals surface area contributed by atoms with E-state index >= 15 is 0 Å². The van der Waals surface area contributed by atoms with E-state index in [1.165, 1.54) is 24.5 Å². The van der Waals surface area contributed by atoms with E-state index in [2.05, 4.69) is 16.3 Å². The summed E-state index contributed by atoms with van der Waals surface area (Å²) in [5, 5.41) is 3.30. The normalized spacial score (nSPS) is 17.7. The van der Waals surface area contributed by atoms with Gasteiger partial charge in [-0.2, -0.15) is 13.2 Å². The Morgan fingerprint density at radius 3 is 2.34 bits per heavy atom. The van der Waals surface area contributed by atoms with Gasteiger partial charge in [0.05, 0.1) is 26.9 Å². The van der Waals surface area contributed by atoms with E-state index in [1.807, 2.05) is 13.8 Å². The molecule has 4 rings (SSSR count). The Morgan fingerprint density at radius 1 is 1.05 bits per heavy atom. The van der Waals surface area contributed by atoms with E-state index in [0.29, 0.717) is 21.9 Å². The lowest BCUT2D eigenvalue weighted by Gasteiger charge is -2.29. The minimum atomic E-state index is -4.89. The molecule has 1 unspecified atom stereocenters. The molecule has 1 aliphatic heterocycles. The van der Waals surface area contributed by atoms with Gasteiger partial charge in [-0.15, -0.1) is 0 Å². The number of hydrogen-bond donors (Lipinski definition) is 3. The van der Waals surface area contributed by atoms with Crippen LogP contribution in [-0.2, 0) is 15.3 Å². The van der Waals surface area contributed by atoms with Crippen LogP contribution in [0.4, 0.5) is 13.2 Å². The minimum Gasteiger partial charge on any atom is -0.327 e. The molecule has 0 saturated carbocycles. The molecule has 1 atom stereocenters. The fourth-order valence-electron chi connectivity index (χ4n) is 3.88. The Labute approximate surface area is 231 Å². The van der Waals surface area contributed by atoms with Crippen molar-refractivity contribution in [1.82, 2.24) is 16.3 Å². The standard InChI is InChI=1S/C26H21Cl3F3N3O3/c1-14(2)37-34-10-9-33-24(36)19-8-7-18(16-5-3-4-6-17(16)19)22-13-25(38-35-22,26(30,31)32)15-11-20(27)23(29)21(28)12-15/h3-14,34-35H,1-2H3,(H,33,36). The monoisotopic (exact) mass is 585 g/mol. The zero-order chi connectivity index (χ0) is 27.7. The number of hydrogen-bond acceptors (Lipinski definition) is 5. The van der Waals surface area contributed by atoms with E-state index in [-0.39, 0.29) is 32.4 Å². The third-order valence-corrected chi connectivity index (χ3v) is 6.83. The molecule has 0 aromatic heterocycles. The number of rotatable bonds is 7. The van der Waals surface area contributed by atoms with Crippen molar-refractivity contribution in [3.63, 3.8) is 0 Å². The molecule has 0 saturated heterocycles. The molecule has 0 bridgehead atoms. The summed E-state index contributed by atoms with van der Waals surface area (Å²) >= 11 is 18.0. The van der Waals surface area contributed by atoms with Gasteiger partial charge in [0.25, 0.3) is 5.91 Å². The van der Waals surface area contributed by atoms with Crippen molar-refractivity contribution in [2.75, 3.05) is 0 Å². The first-order valence-electron chi connectivity index (χ1n) is 11.2. The Kier molecular flexibility index (Phi) is 8.15. The van der Waals surface area contributed by atoms with Gasteiger partial charge >= 0.3 is 6.18 Å². The van der Waals surface area contributed by atoms with Crippen molar-refractivity contribution >= 4 is 57.2 Å². The highest BCUT2D eigenvalue weighted by Gasteiger charge is 2.60. The Morgan fingerprint density at radius 2 is 1.71 bits per heavy atom. The summed E-state index contributed by atoms with van der Waals surface area (Å²) in [6, 6.07) is 12.0. The van der Waals surface area contributed by atoms with Gasteiger partial charge in [-0.25, -0.2) is 0 Å². The first-order chi connectivity index (χ1) is 17.9. The molecule has 0 aliphatic carbocycles. The molecular weight excluding hydrogens is 566 g/mol. The third-order valence-electron chi connectivity index (χ3n) is 5.63. The summed E-state index contributed by atoms with van der Waals surface area (Å²) in [7, 11) is 0. The number of benzene rings is 3. The van der Waals surface area contributed by atoms with E-state index in [0.717, 1.165) is 18.2 Å². The molecule has 0 fully saturated rings. The van der Waals surface area contributed by atoms with Crippen LogP contribution in [0.25, 0.3) is 16.5 Å². The number of carbonyl (C=O) groups is 1. The lowest BCUT2D eigenvalue weighted by Crippen LogP contribution is -2.42. The Balaban J connectivity index is 1.74. The largest absolute Gasteiger partial charge is 0.428 e. The molecule has 1 aliphatic rings. The van der Waals surface area contributed by atoms with Crippen LogP contribution in [-0.4, -0.2) is 18.2 Å². The predicted molar refractivity (Wildman–Crippen MR) is 141 cm³/mol. The van der Waals surface area contributed by atoms with Crippen LogP contribution in [0.5, 0.6) is 0 Å². The molecule has 3 aromatic carbocycles. The van der Waals surface area contributed by atoms with Gasteiger partial charge in [-0.1, -0.05) is 65.1 Å². The SMILES string of the molecule is CC(C)ONC=CNC(=O)c1ccc(C2=CC(c3cc(Cl)c(Cl)c(Cl)c3)(C(F)(F)F)ON2)c2ccccc12. The summed E-state index contributed by atoms with van der Waals surface area (Å²) in [4.78, 5) is 23.2. The van der Waals surface area contributed by atoms with E-state index < -0.39 is 17.7 Å². The molecule has 6 nitrogen and oxygen atoms in total. The van der Waals surface area contributed by atoms with Crippen LogP contribution in [0, 0.1) is 0 Å². The molecule has 1 heterocycles. The number of nitrogens with one attached hydrogen (secondary N) is 3. The van der Waals surface area contributed by atoms with Crippen LogP contribution in [0.2, 0.25) is 15.1 Å². The molecular formula is C26H21Cl3F3N3O3. The van der Waals surface area contributed by atoms with Gasteiger partial charge in [-0.3, -0.25) is 25.4 Å². The summed E-state index contributed by atoms with van der Waals surface area (Å²) in [6.45, 7) is 3.68. The number of alkyl halides is 3. The second kappa shape index (κ2) is 11.0. The predicted octanol–water partition coefficient (Wildman–Crippen LogP) is 7.26. The van der Waals surface area contributed by atoms with Crippen LogP contribution in [0.1, 0.15) is 35.3 Å². The molecule has 38 heavy (non-hydrogen) atoms. The topological polar surface area (TPSA) is 71.6 Å². The highest BCUT2D eigenvalue weighted by Crippen LogP contribution is 2.49. The lowest BCUT2D eigenvalue weighted by atomic mass is 9.90. The molecule has 200 valence electrons. The van der Waals surface area contributed by atoms with Crippen LogP contribution < -0.4 is 16.3 Å². The van der Waals surface area contributed by atoms with E-state index in [9.17, 15) is 18.0 Å². The van der Waals surface area contributed by atoms with Crippen molar-refractivity contribution in [1.29, 1.82) is 0 Å². The van der Waals surface area contributed by atoms with Gasteiger partial charge in [-0.05, 0) is 48.9 Å². The highest BCUT2D eigenvalue weighted by atomic mass is 35.5. The van der Waals surface area contributed by atoms with Crippen molar-refractivity contribution in [2.24, 2.45) is 0 Å². The van der Waals surface area contributed by atoms with Crippen LogP contribution in [0.15, 0.2) is 67.0 Å².